The van der Waals surface area contributed by atoms with Crippen LogP contribution in [0.4, 0.5) is 0 Å². The second-order valence-corrected chi connectivity index (χ2v) is 0.367. The molecule has 44 valence electrons. The van der Waals surface area contributed by atoms with Gasteiger partial charge in [0.15, 0.2) is 0 Å². The van der Waals surface area contributed by atoms with Gasteiger partial charge in [-0.15, -0.1) is 15.7 Å². The SMILES string of the molecule is NNO.O=[N+]([O-])O. The zero-order chi connectivity index (χ0) is 6.28. The molecule has 0 aliphatic rings. The van der Waals surface area contributed by atoms with Gasteiger partial charge in [-0.2, -0.15) is 0 Å². The summed E-state index contributed by atoms with van der Waals surface area (Å²) in [4.78, 5) is 8.36. The highest BCUT2D eigenvalue weighted by Crippen LogP contribution is 1.38. The summed E-state index contributed by atoms with van der Waals surface area (Å²) in [7, 11) is 0. The van der Waals surface area contributed by atoms with Gasteiger partial charge in [0.2, 0.25) is 0 Å². The molecule has 0 heterocycles. The lowest BCUT2D eigenvalue weighted by atomic mass is 12.8. The molecule has 7 heavy (non-hydrogen) atoms. The van der Waals surface area contributed by atoms with Crippen molar-refractivity contribution in [2.75, 3.05) is 0 Å². The van der Waals surface area contributed by atoms with E-state index in [1.807, 2.05) is 0 Å². The molecule has 0 aromatic heterocycles. The average Bonchev–Trinajstić information content (AvgIpc) is 1.33. The van der Waals surface area contributed by atoms with E-state index >= 15 is 0 Å². The Bertz CT molecular complexity index is 38.2. The number of rotatable bonds is 0. The average molecular weight is 111 g/mol. The van der Waals surface area contributed by atoms with Crippen molar-refractivity contribution < 1.29 is 15.5 Å². The Balaban J connectivity index is 0. The minimum absolute atomic E-state index is 1.25. The molecular formula is H5N3O4. The second kappa shape index (κ2) is 8.91. The summed E-state index contributed by atoms with van der Waals surface area (Å²) in [6.07, 6.45) is 0. The molecule has 0 atom stereocenters. The molecule has 0 radical (unpaired) electrons. The summed E-state index contributed by atoms with van der Waals surface area (Å²) < 4.78 is 0. The maximum absolute atomic E-state index is 8.36. The summed E-state index contributed by atoms with van der Waals surface area (Å²) in [5, 5.41) is 20.7. The predicted molar refractivity (Wildman–Crippen MR) is 17.9 cm³/mol. The molecule has 0 saturated carbocycles. The largest absolute Gasteiger partial charge is 0.328 e. The van der Waals surface area contributed by atoms with Gasteiger partial charge in [0.25, 0.3) is 5.09 Å². The highest BCUT2D eigenvalue weighted by atomic mass is 16.9. The van der Waals surface area contributed by atoms with Crippen LogP contribution in [-0.4, -0.2) is 15.5 Å². The molecule has 0 aliphatic carbocycles. The van der Waals surface area contributed by atoms with Crippen LogP contribution in [0.5, 0.6) is 0 Å². The van der Waals surface area contributed by atoms with Gasteiger partial charge >= 0.3 is 0 Å². The van der Waals surface area contributed by atoms with Crippen LogP contribution in [0, 0.1) is 10.1 Å². The van der Waals surface area contributed by atoms with E-state index < -0.39 is 5.09 Å². The Kier molecular flexibility index (Phi) is 12.0. The third-order valence-corrected chi connectivity index (χ3v) is 0. The number of nitrogens with two attached hydrogens (primary N) is 1. The highest BCUT2D eigenvalue weighted by Gasteiger charge is 1.65. The van der Waals surface area contributed by atoms with Crippen LogP contribution in [0.25, 0.3) is 0 Å². The highest BCUT2D eigenvalue weighted by molar-refractivity contribution is 3.83. The standard InChI is InChI=1S/H4N2O.HNO3/c1-2-3;2-1(3)4/h2-3H,1H2;(H,2,3,4). The quantitative estimate of drug-likeness (QED) is 0.171. The molecule has 0 aliphatic heterocycles. The molecule has 0 saturated heterocycles. The molecule has 5 N–H and O–H groups in total. The van der Waals surface area contributed by atoms with Crippen molar-refractivity contribution in [3.05, 3.63) is 10.1 Å². The van der Waals surface area contributed by atoms with E-state index in [0.29, 0.717) is 0 Å². The molecule has 0 fully saturated rings. The second-order valence-electron chi connectivity index (χ2n) is 0.367. The van der Waals surface area contributed by atoms with Crippen molar-refractivity contribution >= 4 is 0 Å². The molecule has 7 nitrogen and oxygen atoms in total. The van der Waals surface area contributed by atoms with Crippen LogP contribution in [-0.2, 0) is 0 Å². The van der Waals surface area contributed by atoms with Gasteiger partial charge in [-0.1, -0.05) is 0 Å². The lowest BCUT2D eigenvalue weighted by Gasteiger charge is -1.62. The Morgan fingerprint density at radius 3 is 1.86 bits per heavy atom. The predicted octanol–water partition coefficient (Wildman–Crippen LogP) is -1.51. The summed E-state index contributed by atoms with van der Waals surface area (Å²) in [6.45, 7) is 0. The number of nitrogens with one attached hydrogen (secondary N) is 1. The van der Waals surface area contributed by atoms with E-state index in [2.05, 4.69) is 5.84 Å². The smallest absolute Gasteiger partial charge is 0.291 e. The van der Waals surface area contributed by atoms with Crippen molar-refractivity contribution in [2.24, 2.45) is 5.84 Å². The van der Waals surface area contributed by atoms with E-state index in [-0.39, 0.29) is 0 Å². The molecule has 0 amide bonds. The topological polar surface area (TPSA) is 122 Å². The minimum atomic E-state index is -1.50. The molecule has 0 aromatic rings. The van der Waals surface area contributed by atoms with Gasteiger partial charge in [-0.3, -0.25) is 0 Å². The zero-order valence-corrected chi connectivity index (χ0v) is 3.24. The van der Waals surface area contributed by atoms with Crippen LogP contribution >= 0.6 is 0 Å². The maximum atomic E-state index is 8.36. The zero-order valence-electron chi connectivity index (χ0n) is 3.24. The monoisotopic (exact) mass is 111 g/mol. The fourth-order valence-electron chi connectivity index (χ4n) is 0. The van der Waals surface area contributed by atoms with E-state index in [1.165, 1.54) is 5.59 Å². The minimum Gasteiger partial charge on any atom is -0.328 e. The fourth-order valence-corrected chi connectivity index (χ4v) is 0. The Hall–Kier alpha value is -0.920. The molecule has 0 rings (SSSR count). The van der Waals surface area contributed by atoms with Gasteiger partial charge in [-0.25, -0.2) is 5.84 Å². The molecule has 0 spiro atoms. The summed E-state index contributed by atoms with van der Waals surface area (Å²) in [5.41, 5.74) is 1.25. The fraction of sp³-hybridized carbons (Fsp3) is 0. The molecule has 0 unspecified atom stereocenters. The first-order chi connectivity index (χ1) is 3.15. The van der Waals surface area contributed by atoms with Crippen LogP contribution in [0.1, 0.15) is 0 Å². The lowest BCUT2D eigenvalue weighted by molar-refractivity contribution is -0.742. The third-order valence-electron chi connectivity index (χ3n) is 0. The van der Waals surface area contributed by atoms with E-state index in [1.54, 1.807) is 0 Å². The Morgan fingerprint density at radius 2 is 1.86 bits per heavy atom. The van der Waals surface area contributed by atoms with E-state index in [0.717, 1.165) is 0 Å². The maximum Gasteiger partial charge on any atom is 0.291 e. The van der Waals surface area contributed by atoms with Gasteiger partial charge in [-0.05, 0) is 0 Å². The van der Waals surface area contributed by atoms with Crippen LogP contribution in [0.3, 0.4) is 0 Å². The summed E-state index contributed by atoms with van der Waals surface area (Å²) in [6, 6.07) is 0. The first kappa shape index (κ1) is 9.43. The van der Waals surface area contributed by atoms with Crippen LogP contribution in [0.15, 0.2) is 0 Å². The van der Waals surface area contributed by atoms with Crippen molar-refractivity contribution in [3.8, 4) is 0 Å². The van der Waals surface area contributed by atoms with Crippen molar-refractivity contribution in [3.63, 3.8) is 0 Å². The molecule has 0 bridgehead atoms. The Labute approximate surface area is 38.4 Å². The first-order valence-electron chi connectivity index (χ1n) is 1.08. The number of hydrazine groups is 1. The van der Waals surface area contributed by atoms with Crippen LogP contribution in [0.2, 0.25) is 0 Å². The van der Waals surface area contributed by atoms with E-state index in [4.69, 9.17) is 20.5 Å². The van der Waals surface area contributed by atoms with Crippen molar-refractivity contribution in [1.82, 2.24) is 5.59 Å². The summed E-state index contributed by atoms with van der Waals surface area (Å²) >= 11 is 0. The third kappa shape index (κ3) is 56.9. The van der Waals surface area contributed by atoms with E-state index in [9.17, 15) is 0 Å². The lowest BCUT2D eigenvalue weighted by Crippen LogP contribution is -2.14. The van der Waals surface area contributed by atoms with Crippen LogP contribution < -0.4 is 11.4 Å². The number of hydrogen-bond donors (Lipinski definition) is 4. The van der Waals surface area contributed by atoms with Crippen molar-refractivity contribution in [2.45, 2.75) is 0 Å². The van der Waals surface area contributed by atoms with Gasteiger partial charge in [0.1, 0.15) is 0 Å². The van der Waals surface area contributed by atoms with Crippen molar-refractivity contribution in [1.29, 1.82) is 0 Å². The first-order valence-corrected chi connectivity index (χ1v) is 1.08. The van der Waals surface area contributed by atoms with Gasteiger partial charge in [0.05, 0.1) is 0 Å². The van der Waals surface area contributed by atoms with Gasteiger partial charge < -0.3 is 10.4 Å². The molecule has 0 aromatic carbocycles. The number of hydrogen-bond acceptors (Lipinski definition) is 5. The Morgan fingerprint density at radius 1 is 1.86 bits per heavy atom. The summed E-state index contributed by atoms with van der Waals surface area (Å²) in [5.74, 6) is 4.15. The molecule has 7 heteroatoms. The normalized spacial score (nSPS) is 6.00. The molecular weight excluding hydrogens is 106 g/mol. The number of nitrogens with zero attached hydrogens (tertiary/aromatic N) is 1. The van der Waals surface area contributed by atoms with Gasteiger partial charge in [0, 0.05) is 0 Å².